The molecule has 3 rings (SSSR count). The molecule has 0 aliphatic heterocycles. The fourth-order valence-corrected chi connectivity index (χ4v) is 3.01. The van der Waals surface area contributed by atoms with Crippen LogP contribution in [0.15, 0.2) is 42.5 Å². The Balaban J connectivity index is 1.87. The molecule has 2 unspecified atom stereocenters. The number of aliphatic hydroxyl groups excluding tert-OH is 1. The van der Waals surface area contributed by atoms with Crippen molar-refractivity contribution >= 4 is 0 Å². The third-order valence-electron chi connectivity index (χ3n) is 4.13. The Morgan fingerprint density at radius 1 is 1.05 bits per heavy atom. The lowest BCUT2D eigenvalue weighted by Crippen LogP contribution is -2.31. The molecule has 20 heavy (non-hydrogen) atoms. The SMILES string of the molecule is CC(CO)NC(C)c1ccc2c(c1)Cc1ccccc1-2. The summed E-state index contributed by atoms with van der Waals surface area (Å²) in [5, 5.41) is 12.5. The Morgan fingerprint density at radius 3 is 2.60 bits per heavy atom. The first-order valence-electron chi connectivity index (χ1n) is 7.27. The molecular weight excluding hydrogens is 246 g/mol. The van der Waals surface area contributed by atoms with Gasteiger partial charge in [0.25, 0.3) is 0 Å². The van der Waals surface area contributed by atoms with Crippen molar-refractivity contribution in [2.75, 3.05) is 6.61 Å². The Labute approximate surface area is 120 Å². The van der Waals surface area contributed by atoms with E-state index in [2.05, 4.69) is 54.7 Å². The Bertz CT molecular complexity index is 621. The molecule has 0 aromatic heterocycles. The zero-order chi connectivity index (χ0) is 14.1. The number of aliphatic hydroxyl groups is 1. The minimum Gasteiger partial charge on any atom is -0.395 e. The van der Waals surface area contributed by atoms with Crippen molar-refractivity contribution in [2.24, 2.45) is 0 Å². The van der Waals surface area contributed by atoms with Crippen LogP contribution in [0.25, 0.3) is 11.1 Å². The summed E-state index contributed by atoms with van der Waals surface area (Å²) in [6.07, 6.45) is 1.03. The van der Waals surface area contributed by atoms with Gasteiger partial charge in [0.1, 0.15) is 0 Å². The number of fused-ring (bicyclic) bond motifs is 3. The molecule has 0 saturated heterocycles. The second-order valence-electron chi connectivity index (χ2n) is 5.72. The summed E-state index contributed by atoms with van der Waals surface area (Å²) in [7, 11) is 0. The summed E-state index contributed by atoms with van der Waals surface area (Å²) in [6.45, 7) is 4.32. The van der Waals surface area contributed by atoms with Crippen LogP contribution in [-0.2, 0) is 6.42 Å². The minimum atomic E-state index is 0.121. The first kappa shape index (κ1) is 13.3. The number of nitrogens with one attached hydrogen (secondary N) is 1. The van der Waals surface area contributed by atoms with Gasteiger partial charge in [0.15, 0.2) is 0 Å². The van der Waals surface area contributed by atoms with Gasteiger partial charge < -0.3 is 10.4 Å². The van der Waals surface area contributed by atoms with Crippen LogP contribution < -0.4 is 5.32 Å². The van der Waals surface area contributed by atoms with Crippen LogP contribution in [0, 0.1) is 0 Å². The summed E-state index contributed by atoms with van der Waals surface area (Å²) in [5.74, 6) is 0. The second-order valence-corrected chi connectivity index (χ2v) is 5.72. The second kappa shape index (κ2) is 5.39. The third kappa shape index (κ3) is 2.37. The Kier molecular flexibility index (Phi) is 3.60. The number of hydrogen-bond acceptors (Lipinski definition) is 2. The fourth-order valence-electron chi connectivity index (χ4n) is 3.01. The zero-order valence-corrected chi connectivity index (χ0v) is 12.1. The molecule has 104 valence electrons. The normalized spacial score (nSPS) is 15.6. The maximum Gasteiger partial charge on any atom is 0.0582 e. The summed E-state index contributed by atoms with van der Waals surface area (Å²) < 4.78 is 0. The molecule has 2 atom stereocenters. The van der Waals surface area contributed by atoms with Crippen LogP contribution in [-0.4, -0.2) is 17.8 Å². The van der Waals surface area contributed by atoms with Crippen molar-refractivity contribution in [3.8, 4) is 11.1 Å². The Morgan fingerprint density at radius 2 is 1.80 bits per heavy atom. The zero-order valence-electron chi connectivity index (χ0n) is 12.1. The van der Waals surface area contributed by atoms with Crippen LogP contribution in [0.4, 0.5) is 0 Å². The molecule has 0 spiro atoms. The molecule has 0 heterocycles. The van der Waals surface area contributed by atoms with Gasteiger partial charge in [-0.1, -0.05) is 42.5 Å². The monoisotopic (exact) mass is 267 g/mol. The molecule has 0 amide bonds. The van der Waals surface area contributed by atoms with Crippen LogP contribution in [0.2, 0.25) is 0 Å². The molecule has 2 nitrogen and oxygen atoms in total. The van der Waals surface area contributed by atoms with E-state index in [1.807, 2.05) is 6.92 Å². The lowest BCUT2D eigenvalue weighted by Gasteiger charge is -2.19. The highest BCUT2D eigenvalue weighted by Gasteiger charge is 2.19. The maximum absolute atomic E-state index is 9.14. The van der Waals surface area contributed by atoms with E-state index >= 15 is 0 Å². The quantitative estimate of drug-likeness (QED) is 0.760. The van der Waals surface area contributed by atoms with Crippen LogP contribution in [0.1, 0.15) is 36.6 Å². The number of benzene rings is 2. The Hall–Kier alpha value is -1.64. The van der Waals surface area contributed by atoms with E-state index in [4.69, 9.17) is 5.11 Å². The van der Waals surface area contributed by atoms with Gasteiger partial charge >= 0.3 is 0 Å². The number of rotatable bonds is 4. The van der Waals surface area contributed by atoms with E-state index in [1.54, 1.807) is 0 Å². The molecule has 1 aliphatic carbocycles. The van der Waals surface area contributed by atoms with E-state index in [0.29, 0.717) is 0 Å². The van der Waals surface area contributed by atoms with Crippen molar-refractivity contribution in [1.29, 1.82) is 0 Å². The van der Waals surface area contributed by atoms with Crippen LogP contribution >= 0.6 is 0 Å². The molecule has 1 aliphatic rings. The molecule has 0 radical (unpaired) electrons. The van der Waals surface area contributed by atoms with Gasteiger partial charge in [-0.2, -0.15) is 0 Å². The summed E-state index contributed by atoms with van der Waals surface area (Å²) in [4.78, 5) is 0. The van der Waals surface area contributed by atoms with Gasteiger partial charge in [0.2, 0.25) is 0 Å². The number of hydrogen-bond donors (Lipinski definition) is 2. The van der Waals surface area contributed by atoms with Gasteiger partial charge in [-0.15, -0.1) is 0 Å². The molecule has 0 saturated carbocycles. The highest BCUT2D eigenvalue weighted by Crippen LogP contribution is 2.37. The third-order valence-corrected chi connectivity index (χ3v) is 4.13. The summed E-state index contributed by atoms with van der Waals surface area (Å²) in [5.41, 5.74) is 6.86. The van der Waals surface area contributed by atoms with Crippen LogP contribution in [0.5, 0.6) is 0 Å². The lowest BCUT2D eigenvalue weighted by atomic mass is 10.00. The van der Waals surface area contributed by atoms with Crippen molar-refractivity contribution < 1.29 is 5.11 Å². The standard InChI is InChI=1S/C18H21NO/c1-12(11-20)19-13(2)14-7-8-18-16(9-14)10-15-5-3-4-6-17(15)18/h3-9,12-13,19-20H,10-11H2,1-2H3. The molecule has 2 N–H and O–H groups in total. The first-order chi connectivity index (χ1) is 9.69. The predicted molar refractivity (Wildman–Crippen MR) is 82.8 cm³/mol. The molecule has 0 fully saturated rings. The summed E-state index contributed by atoms with van der Waals surface area (Å²) in [6, 6.07) is 15.7. The maximum atomic E-state index is 9.14. The minimum absolute atomic E-state index is 0.121. The van der Waals surface area contributed by atoms with Crippen molar-refractivity contribution in [2.45, 2.75) is 32.4 Å². The molecular formula is C18H21NO. The first-order valence-corrected chi connectivity index (χ1v) is 7.27. The van der Waals surface area contributed by atoms with E-state index < -0.39 is 0 Å². The van der Waals surface area contributed by atoms with Crippen molar-refractivity contribution in [3.05, 3.63) is 59.2 Å². The topological polar surface area (TPSA) is 32.3 Å². The van der Waals surface area contributed by atoms with Gasteiger partial charge in [0, 0.05) is 12.1 Å². The van der Waals surface area contributed by atoms with E-state index in [-0.39, 0.29) is 18.7 Å². The fraction of sp³-hybridized carbons (Fsp3) is 0.333. The lowest BCUT2D eigenvalue weighted by molar-refractivity contribution is 0.243. The molecule has 2 aromatic carbocycles. The van der Waals surface area contributed by atoms with Gasteiger partial charge in [-0.25, -0.2) is 0 Å². The highest BCUT2D eigenvalue weighted by atomic mass is 16.3. The molecule has 2 aromatic rings. The van der Waals surface area contributed by atoms with E-state index in [1.165, 1.54) is 27.8 Å². The van der Waals surface area contributed by atoms with Gasteiger partial charge in [-0.3, -0.25) is 0 Å². The van der Waals surface area contributed by atoms with E-state index in [9.17, 15) is 0 Å². The van der Waals surface area contributed by atoms with Gasteiger partial charge in [0.05, 0.1) is 6.61 Å². The molecule has 0 bridgehead atoms. The summed E-state index contributed by atoms with van der Waals surface area (Å²) >= 11 is 0. The van der Waals surface area contributed by atoms with Gasteiger partial charge in [-0.05, 0) is 48.1 Å². The largest absolute Gasteiger partial charge is 0.395 e. The van der Waals surface area contributed by atoms with E-state index in [0.717, 1.165) is 6.42 Å². The molecule has 2 heteroatoms. The average molecular weight is 267 g/mol. The van der Waals surface area contributed by atoms with Crippen molar-refractivity contribution in [3.63, 3.8) is 0 Å². The van der Waals surface area contributed by atoms with Crippen LogP contribution in [0.3, 0.4) is 0 Å². The van der Waals surface area contributed by atoms with Crippen molar-refractivity contribution in [1.82, 2.24) is 5.32 Å². The average Bonchev–Trinajstić information content (AvgIpc) is 2.84. The highest BCUT2D eigenvalue weighted by molar-refractivity contribution is 5.76. The predicted octanol–water partition coefficient (Wildman–Crippen LogP) is 3.29. The smallest absolute Gasteiger partial charge is 0.0582 e.